The minimum absolute atomic E-state index is 0.283. The van der Waals surface area contributed by atoms with Crippen LogP contribution >= 0.6 is 0 Å². The van der Waals surface area contributed by atoms with Crippen molar-refractivity contribution in [2.24, 2.45) is 11.7 Å². The van der Waals surface area contributed by atoms with Crippen molar-refractivity contribution in [3.63, 3.8) is 0 Å². The van der Waals surface area contributed by atoms with Crippen LogP contribution in [-0.2, 0) is 6.42 Å². The van der Waals surface area contributed by atoms with E-state index >= 15 is 0 Å². The number of likely N-dealkylation sites (N-methyl/N-ethyl adjacent to an activating group) is 1. The minimum Gasteiger partial charge on any atom is -0.374 e. The van der Waals surface area contributed by atoms with E-state index in [-0.39, 0.29) is 6.04 Å². The molecular formula is C17H27N3. The molecule has 2 heterocycles. The highest BCUT2D eigenvalue weighted by molar-refractivity contribution is 5.58. The molecule has 1 aromatic rings. The van der Waals surface area contributed by atoms with Gasteiger partial charge in [-0.25, -0.2) is 0 Å². The van der Waals surface area contributed by atoms with E-state index in [2.05, 4.69) is 48.9 Å². The average molecular weight is 273 g/mol. The lowest BCUT2D eigenvalue weighted by molar-refractivity contribution is 0.221. The van der Waals surface area contributed by atoms with Crippen LogP contribution in [0.15, 0.2) is 18.2 Å². The topological polar surface area (TPSA) is 32.5 Å². The summed E-state index contributed by atoms with van der Waals surface area (Å²) in [6.07, 6.45) is 2.29. The van der Waals surface area contributed by atoms with Crippen LogP contribution in [0.4, 0.5) is 5.69 Å². The molecule has 3 heteroatoms. The zero-order valence-electron chi connectivity index (χ0n) is 13.0. The van der Waals surface area contributed by atoms with Crippen LogP contribution in [-0.4, -0.2) is 37.6 Å². The summed E-state index contributed by atoms with van der Waals surface area (Å²) in [5.74, 6) is 0.698. The second-order valence-electron chi connectivity index (χ2n) is 6.85. The number of nitrogens with zero attached hydrogens (tertiary/aromatic N) is 2. The van der Waals surface area contributed by atoms with E-state index in [0.29, 0.717) is 12.0 Å². The number of hydrogen-bond acceptors (Lipinski definition) is 3. The monoisotopic (exact) mass is 273 g/mol. The standard InChI is InChI=1S/C17H27N3/c1-12(2)11-20-9-7-15(18)17(20)14-4-5-16-13(10-14)6-8-19(16)3/h4-5,10,12,15,17H,6-9,11,18H2,1-3H3. The first kappa shape index (κ1) is 13.9. The molecule has 2 N–H and O–H groups in total. The molecule has 2 atom stereocenters. The van der Waals surface area contributed by atoms with E-state index in [9.17, 15) is 0 Å². The van der Waals surface area contributed by atoms with Gasteiger partial charge in [0.05, 0.1) is 0 Å². The first-order valence-corrected chi connectivity index (χ1v) is 7.90. The van der Waals surface area contributed by atoms with Crippen LogP contribution in [0.3, 0.4) is 0 Å². The highest BCUT2D eigenvalue weighted by Gasteiger charge is 2.33. The van der Waals surface area contributed by atoms with Gasteiger partial charge in [-0.3, -0.25) is 4.90 Å². The molecule has 2 aliphatic heterocycles. The Bertz CT molecular complexity index is 483. The van der Waals surface area contributed by atoms with Gasteiger partial charge >= 0.3 is 0 Å². The van der Waals surface area contributed by atoms with Crippen molar-refractivity contribution < 1.29 is 0 Å². The van der Waals surface area contributed by atoms with Crippen LogP contribution < -0.4 is 10.6 Å². The molecule has 20 heavy (non-hydrogen) atoms. The lowest BCUT2D eigenvalue weighted by Gasteiger charge is -2.29. The van der Waals surface area contributed by atoms with Crippen LogP contribution in [0.2, 0.25) is 0 Å². The number of benzene rings is 1. The maximum Gasteiger partial charge on any atom is 0.0499 e. The second kappa shape index (κ2) is 5.38. The lowest BCUT2D eigenvalue weighted by Crippen LogP contribution is -2.34. The summed E-state index contributed by atoms with van der Waals surface area (Å²) in [5, 5.41) is 0. The second-order valence-corrected chi connectivity index (χ2v) is 6.85. The Hall–Kier alpha value is -1.06. The van der Waals surface area contributed by atoms with Crippen molar-refractivity contribution in [1.29, 1.82) is 0 Å². The summed E-state index contributed by atoms with van der Waals surface area (Å²) in [6.45, 7) is 8.01. The highest BCUT2D eigenvalue weighted by Crippen LogP contribution is 2.35. The van der Waals surface area contributed by atoms with Crippen molar-refractivity contribution in [2.45, 2.75) is 38.8 Å². The maximum atomic E-state index is 6.40. The van der Waals surface area contributed by atoms with Crippen molar-refractivity contribution in [1.82, 2.24) is 4.90 Å². The van der Waals surface area contributed by atoms with Crippen molar-refractivity contribution in [3.05, 3.63) is 29.3 Å². The molecule has 1 fully saturated rings. The molecule has 1 saturated heterocycles. The number of anilines is 1. The Kier molecular flexibility index (Phi) is 3.74. The molecule has 0 aromatic heterocycles. The summed E-state index contributed by atoms with van der Waals surface area (Å²) in [6, 6.07) is 7.68. The molecule has 0 saturated carbocycles. The summed E-state index contributed by atoms with van der Waals surface area (Å²) in [5.41, 5.74) is 10.7. The van der Waals surface area contributed by atoms with E-state index < -0.39 is 0 Å². The Labute approximate surface area is 122 Å². The summed E-state index contributed by atoms with van der Waals surface area (Å²) >= 11 is 0. The Morgan fingerprint density at radius 1 is 1.30 bits per heavy atom. The van der Waals surface area contributed by atoms with E-state index in [1.54, 1.807) is 0 Å². The van der Waals surface area contributed by atoms with Crippen LogP contribution in [0.25, 0.3) is 0 Å². The maximum absolute atomic E-state index is 6.40. The van der Waals surface area contributed by atoms with E-state index in [4.69, 9.17) is 5.73 Å². The third-order valence-electron chi connectivity index (χ3n) is 4.72. The highest BCUT2D eigenvalue weighted by atomic mass is 15.2. The zero-order chi connectivity index (χ0) is 14.3. The minimum atomic E-state index is 0.283. The Morgan fingerprint density at radius 2 is 2.10 bits per heavy atom. The Morgan fingerprint density at radius 3 is 2.85 bits per heavy atom. The zero-order valence-corrected chi connectivity index (χ0v) is 13.0. The SMILES string of the molecule is CC(C)CN1CCC(N)C1c1ccc2c(c1)CCN2C. The predicted octanol–water partition coefficient (Wildman–Crippen LogP) is 2.41. The van der Waals surface area contributed by atoms with Gasteiger partial charge in [0.1, 0.15) is 0 Å². The van der Waals surface area contributed by atoms with Gasteiger partial charge in [0.2, 0.25) is 0 Å². The molecule has 0 bridgehead atoms. The summed E-state index contributed by atoms with van der Waals surface area (Å²) < 4.78 is 0. The number of fused-ring (bicyclic) bond motifs is 1. The Balaban J connectivity index is 1.87. The van der Waals surface area contributed by atoms with Gasteiger partial charge in [-0.2, -0.15) is 0 Å². The predicted molar refractivity (Wildman–Crippen MR) is 85.2 cm³/mol. The molecule has 0 amide bonds. The number of likely N-dealkylation sites (tertiary alicyclic amines) is 1. The molecule has 1 aromatic carbocycles. The van der Waals surface area contributed by atoms with E-state index in [1.807, 2.05) is 0 Å². The quantitative estimate of drug-likeness (QED) is 0.918. The van der Waals surface area contributed by atoms with Gasteiger partial charge in [-0.05, 0) is 36.0 Å². The van der Waals surface area contributed by atoms with Gasteiger partial charge < -0.3 is 10.6 Å². The van der Waals surface area contributed by atoms with Crippen LogP contribution in [0.1, 0.15) is 37.4 Å². The van der Waals surface area contributed by atoms with Gasteiger partial charge in [0, 0.05) is 44.5 Å². The molecule has 0 aliphatic carbocycles. The molecule has 0 spiro atoms. The van der Waals surface area contributed by atoms with Crippen molar-refractivity contribution in [2.75, 3.05) is 31.6 Å². The molecule has 2 unspecified atom stereocenters. The van der Waals surface area contributed by atoms with Gasteiger partial charge in [-0.1, -0.05) is 26.0 Å². The normalized spacial score (nSPS) is 26.6. The number of hydrogen-bond donors (Lipinski definition) is 1. The molecule has 3 rings (SSSR count). The van der Waals surface area contributed by atoms with E-state index in [1.165, 1.54) is 23.2 Å². The first-order valence-electron chi connectivity index (χ1n) is 7.90. The molecule has 110 valence electrons. The fourth-order valence-corrected chi connectivity index (χ4v) is 3.79. The summed E-state index contributed by atoms with van der Waals surface area (Å²) in [7, 11) is 2.18. The third kappa shape index (κ3) is 2.45. The lowest BCUT2D eigenvalue weighted by atomic mass is 9.97. The molecule has 3 nitrogen and oxygen atoms in total. The van der Waals surface area contributed by atoms with Gasteiger partial charge in [0.25, 0.3) is 0 Å². The van der Waals surface area contributed by atoms with Gasteiger partial charge in [-0.15, -0.1) is 0 Å². The molecule has 0 radical (unpaired) electrons. The molecule has 2 aliphatic rings. The number of nitrogens with two attached hydrogens (primary N) is 1. The third-order valence-corrected chi connectivity index (χ3v) is 4.72. The van der Waals surface area contributed by atoms with Crippen LogP contribution in [0, 0.1) is 5.92 Å². The first-order chi connectivity index (χ1) is 9.56. The smallest absolute Gasteiger partial charge is 0.0499 e. The largest absolute Gasteiger partial charge is 0.374 e. The fraction of sp³-hybridized carbons (Fsp3) is 0.647. The summed E-state index contributed by atoms with van der Waals surface area (Å²) in [4.78, 5) is 4.93. The average Bonchev–Trinajstić information content (AvgIpc) is 2.93. The van der Waals surface area contributed by atoms with Gasteiger partial charge in [0.15, 0.2) is 0 Å². The van der Waals surface area contributed by atoms with Crippen LogP contribution in [0.5, 0.6) is 0 Å². The van der Waals surface area contributed by atoms with E-state index in [0.717, 1.165) is 26.1 Å². The van der Waals surface area contributed by atoms with Crippen molar-refractivity contribution in [3.8, 4) is 0 Å². The number of rotatable bonds is 3. The fourth-order valence-electron chi connectivity index (χ4n) is 3.79. The molecular weight excluding hydrogens is 246 g/mol. The van der Waals surface area contributed by atoms with Crippen molar-refractivity contribution >= 4 is 5.69 Å².